The fraction of sp³-hybridized carbons (Fsp3) is 0. The first kappa shape index (κ1) is 23.8. The molecular formula is H5FeMnNaO7P2. The third-order valence-corrected chi connectivity index (χ3v) is 1.91. The first-order valence-corrected chi connectivity index (χ1v) is 4.59. The second-order valence-corrected chi connectivity index (χ2v) is 3.68. The van der Waals surface area contributed by atoms with E-state index in [9.17, 15) is 9.13 Å². The van der Waals surface area contributed by atoms with Gasteiger partial charge in [0, 0.05) is 34.1 Å². The summed E-state index contributed by atoms with van der Waals surface area (Å²) < 4.78 is 22.2. The van der Waals surface area contributed by atoms with Gasteiger partial charge in [0.1, 0.15) is 0 Å². The van der Waals surface area contributed by atoms with E-state index in [4.69, 9.17) is 19.6 Å². The molecular weight excluding hydrogens is 308 g/mol. The van der Waals surface area contributed by atoms with Gasteiger partial charge in [-0.15, -0.1) is 0 Å². The normalized spacial score (nSPS) is 10.3. The summed E-state index contributed by atoms with van der Waals surface area (Å²) in [5.74, 6) is 0. The third-order valence-electron chi connectivity index (χ3n) is 0.213. The predicted octanol–water partition coefficient (Wildman–Crippen LogP) is -3.70. The van der Waals surface area contributed by atoms with E-state index in [1.54, 1.807) is 0 Å². The zero-order valence-electron chi connectivity index (χ0n) is 6.64. The molecule has 0 rings (SSSR count). The van der Waals surface area contributed by atoms with Gasteiger partial charge in [-0.3, -0.25) is 0 Å². The number of hydrogen-bond donors (Lipinski definition) is 4. The van der Waals surface area contributed by atoms with Crippen molar-refractivity contribution in [1.29, 1.82) is 0 Å². The van der Waals surface area contributed by atoms with Gasteiger partial charge in [0.2, 0.25) is 0 Å². The smallest absolute Gasteiger partial charge is 1.00 e. The molecule has 0 spiro atoms. The summed E-state index contributed by atoms with van der Waals surface area (Å²) in [6, 6.07) is 0. The third kappa shape index (κ3) is 22.8. The molecule has 0 heterocycles. The van der Waals surface area contributed by atoms with Crippen LogP contribution in [0.1, 0.15) is 1.43 Å². The van der Waals surface area contributed by atoms with E-state index in [0.29, 0.717) is 0 Å². The van der Waals surface area contributed by atoms with Crippen molar-refractivity contribution in [3.05, 3.63) is 0 Å². The van der Waals surface area contributed by atoms with E-state index in [1.807, 2.05) is 0 Å². The summed E-state index contributed by atoms with van der Waals surface area (Å²) in [6.45, 7) is 0. The Morgan fingerprint density at radius 2 is 1.17 bits per heavy atom. The van der Waals surface area contributed by atoms with Crippen LogP contribution in [0.2, 0.25) is 0 Å². The van der Waals surface area contributed by atoms with Crippen LogP contribution in [0.3, 0.4) is 0 Å². The van der Waals surface area contributed by atoms with Gasteiger partial charge in [0.15, 0.2) is 0 Å². The second-order valence-electron chi connectivity index (χ2n) is 1.06. The van der Waals surface area contributed by atoms with Crippen molar-refractivity contribution in [3.8, 4) is 0 Å². The Balaban J connectivity index is -0.0000000533. The molecule has 0 aromatic heterocycles. The van der Waals surface area contributed by atoms with Crippen LogP contribution in [0.5, 0.6) is 0 Å². The Hall–Kier alpha value is 2.30. The van der Waals surface area contributed by atoms with E-state index >= 15 is 0 Å². The molecule has 0 unspecified atom stereocenters. The number of rotatable bonds is 2. The first-order chi connectivity index (χ1) is 3.71. The molecule has 0 fully saturated rings. The Morgan fingerprint density at radius 1 is 1.00 bits per heavy atom. The number of phosphoric acid groups is 2. The Morgan fingerprint density at radius 3 is 1.17 bits per heavy atom. The van der Waals surface area contributed by atoms with Gasteiger partial charge >= 0.3 is 45.2 Å². The molecule has 4 N–H and O–H groups in total. The van der Waals surface area contributed by atoms with Crippen molar-refractivity contribution in [1.82, 2.24) is 0 Å². The average Bonchev–Trinajstić information content (AvgIpc) is 1.14. The van der Waals surface area contributed by atoms with Crippen LogP contribution in [-0.2, 0) is 47.6 Å². The molecule has 73 valence electrons. The molecule has 0 atom stereocenters. The zero-order chi connectivity index (χ0) is 7.71. The van der Waals surface area contributed by atoms with Crippen LogP contribution in [0.25, 0.3) is 0 Å². The van der Waals surface area contributed by atoms with Gasteiger partial charge in [-0.05, 0) is 0 Å². The summed E-state index contributed by atoms with van der Waals surface area (Å²) in [4.78, 5) is 31.0. The molecule has 7 nitrogen and oxygen atoms in total. The molecule has 0 aromatic rings. The van der Waals surface area contributed by atoms with Crippen molar-refractivity contribution >= 4 is 15.6 Å². The Labute approximate surface area is 113 Å². The second kappa shape index (κ2) is 8.59. The van der Waals surface area contributed by atoms with Crippen LogP contribution < -0.4 is 29.6 Å². The van der Waals surface area contributed by atoms with Crippen molar-refractivity contribution in [3.63, 3.8) is 0 Å². The molecule has 12 heteroatoms. The van der Waals surface area contributed by atoms with Gasteiger partial charge < -0.3 is 21.0 Å². The maximum Gasteiger partial charge on any atom is 1.00 e. The molecule has 0 aliphatic heterocycles. The fourth-order valence-corrected chi connectivity index (χ4v) is 1.25. The summed E-state index contributed by atoms with van der Waals surface area (Å²) in [6.07, 6.45) is 0. The van der Waals surface area contributed by atoms with Gasteiger partial charge in [0.05, 0.1) is 0 Å². The van der Waals surface area contributed by atoms with E-state index in [2.05, 4.69) is 4.31 Å². The minimum atomic E-state index is -5.05. The maximum absolute atomic E-state index is 9.63. The summed E-state index contributed by atoms with van der Waals surface area (Å²) in [5.41, 5.74) is 0. The van der Waals surface area contributed by atoms with Gasteiger partial charge in [-0.1, -0.05) is 0 Å². The largest absolute Gasteiger partial charge is 1.00 e. The molecule has 0 saturated heterocycles. The minimum absolute atomic E-state index is 0. The van der Waals surface area contributed by atoms with Crippen LogP contribution >= 0.6 is 15.6 Å². The number of hydrogen-bond acceptors (Lipinski definition) is 3. The minimum Gasteiger partial charge on any atom is -1.00 e. The van der Waals surface area contributed by atoms with Crippen molar-refractivity contribution < 1.29 is 98.1 Å². The SMILES string of the molecule is O=P(O)(O)OP(=O)(O)O.[Fe].[H-].[Mn].[Na+]. The van der Waals surface area contributed by atoms with Crippen molar-refractivity contribution in [2.45, 2.75) is 0 Å². The maximum atomic E-state index is 9.63. The molecule has 0 saturated carbocycles. The molecule has 0 aliphatic carbocycles. The van der Waals surface area contributed by atoms with Crippen LogP contribution in [0, 0.1) is 0 Å². The van der Waals surface area contributed by atoms with Crippen LogP contribution in [0.4, 0.5) is 0 Å². The predicted molar refractivity (Wildman–Crippen MR) is 26.3 cm³/mol. The van der Waals surface area contributed by atoms with E-state index in [1.165, 1.54) is 0 Å². The van der Waals surface area contributed by atoms with Crippen molar-refractivity contribution in [2.75, 3.05) is 0 Å². The average molecular weight is 313 g/mol. The molecule has 0 amide bonds. The molecule has 0 aliphatic rings. The van der Waals surface area contributed by atoms with Gasteiger partial charge in [-0.25, -0.2) is 9.13 Å². The topological polar surface area (TPSA) is 124 Å². The quantitative estimate of drug-likeness (QED) is 0.305. The molecule has 12 heavy (non-hydrogen) atoms. The molecule has 0 aromatic carbocycles. The van der Waals surface area contributed by atoms with E-state index in [-0.39, 0.29) is 65.1 Å². The van der Waals surface area contributed by atoms with Gasteiger partial charge in [-0.2, -0.15) is 4.31 Å². The van der Waals surface area contributed by atoms with Crippen molar-refractivity contribution in [2.24, 2.45) is 0 Å². The summed E-state index contributed by atoms with van der Waals surface area (Å²) in [7, 11) is -10.1. The fourth-order valence-electron chi connectivity index (χ4n) is 0.139. The summed E-state index contributed by atoms with van der Waals surface area (Å²) in [5, 5.41) is 0. The standard InChI is InChI=1S/Fe.Mn.Na.H4O7P2.H/c;;;1-8(2,3)7-9(4,5)6;/h;;;(H2,1,2,3)(H2,4,5,6);/q;;+1;;-1. The Bertz CT molecular complexity index is 167. The molecule has 0 bridgehead atoms. The monoisotopic (exact) mass is 313 g/mol. The summed E-state index contributed by atoms with van der Waals surface area (Å²) >= 11 is 0. The Kier molecular flexibility index (Phi) is 17.1. The van der Waals surface area contributed by atoms with Crippen LogP contribution in [-0.4, -0.2) is 19.6 Å². The molecule has 1 radical (unpaired) electrons. The first-order valence-electron chi connectivity index (χ1n) is 1.53. The van der Waals surface area contributed by atoms with E-state index in [0.717, 1.165) is 0 Å². The zero-order valence-corrected chi connectivity index (χ0v) is 11.7. The van der Waals surface area contributed by atoms with Gasteiger partial charge in [0.25, 0.3) is 0 Å². The van der Waals surface area contributed by atoms with Crippen LogP contribution in [0.15, 0.2) is 0 Å². The van der Waals surface area contributed by atoms with E-state index < -0.39 is 15.6 Å².